The van der Waals surface area contributed by atoms with Gasteiger partial charge in [-0.05, 0) is 37.6 Å². The summed E-state index contributed by atoms with van der Waals surface area (Å²) in [7, 11) is 0. The van der Waals surface area contributed by atoms with Crippen molar-refractivity contribution in [2.24, 2.45) is 5.41 Å². The lowest BCUT2D eigenvalue weighted by atomic mass is 9.70. The molecule has 13 heavy (non-hydrogen) atoms. The Morgan fingerprint density at radius 1 is 1.38 bits per heavy atom. The van der Waals surface area contributed by atoms with Crippen LogP contribution in [-0.2, 0) is 0 Å². The molecule has 0 aromatic rings. The molecular weight excluding hydrogens is 162 g/mol. The summed E-state index contributed by atoms with van der Waals surface area (Å²) >= 11 is 0. The van der Waals surface area contributed by atoms with Crippen LogP contribution in [0, 0.1) is 5.41 Å². The van der Waals surface area contributed by atoms with Crippen molar-refractivity contribution in [2.75, 3.05) is 19.7 Å². The lowest BCUT2D eigenvalue weighted by Crippen LogP contribution is -2.43. The molecule has 2 rings (SSSR count). The first-order chi connectivity index (χ1) is 6.23. The van der Waals surface area contributed by atoms with Gasteiger partial charge < -0.3 is 5.11 Å². The molecule has 1 aliphatic heterocycles. The van der Waals surface area contributed by atoms with Gasteiger partial charge in [-0.25, -0.2) is 0 Å². The summed E-state index contributed by atoms with van der Waals surface area (Å²) in [6, 6.07) is 0.470. The second kappa shape index (κ2) is 3.58. The van der Waals surface area contributed by atoms with Crippen molar-refractivity contribution in [1.29, 1.82) is 0 Å². The molecule has 0 spiro atoms. The maximum Gasteiger partial charge on any atom is 0.0586 e. The molecule has 1 N–H and O–H groups in total. The first-order valence-corrected chi connectivity index (χ1v) is 5.58. The third-order valence-electron chi connectivity index (χ3n) is 3.86. The number of rotatable bonds is 3. The predicted octanol–water partition coefficient (Wildman–Crippen LogP) is 1.63. The van der Waals surface area contributed by atoms with Gasteiger partial charge in [0.25, 0.3) is 0 Å². The normalized spacial score (nSPS) is 33.2. The molecule has 2 fully saturated rings. The zero-order chi connectivity index (χ0) is 9.31. The lowest BCUT2D eigenvalue weighted by molar-refractivity contribution is 0.0609. The quantitative estimate of drug-likeness (QED) is 0.719. The predicted molar refractivity (Wildman–Crippen MR) is 53.6 cm³/mol. The highest BCUT2D eigenvalue weighted by Gasteiger charge is 2.36. The highest BCUT2D eigenvalue weighted by Crippen LogP contribution is 2.41. The van der Waals surface area contributed by atoms with E-state index in [9.17, 15) is 5.11 Å². The Hall–Kier alpha value is -0.0800. The maximum absolute atomic E-state index is 9.18. The third-order valence-corrected chi connectivity index (χ3v) is 3.86. The standard InChI is InChI=1S/C11H21NO/c1-11(5-3-6-11)9-12-7-2-4-10(12)8-13/h10,13H,2-9H2,1H3/t10-/m1/s1. The fourth-order valence-corrected chi connectivity index (χ4v) is 2.74. The van der Waals surface area contributed by atoms with E-state index in [4.69, 9.17) is 0 Å². The van der Waals surface area contributed by atoms with Crippen LogP contribution in [0.1, 0.15) is 39.0 Å². The van der Waals surface area contributed by atoms with E-state index in [1.807, 2.05) is 0 Å². The Morgan fingerprint density at radius 2 is 2.15 bits per heavy atom. The van der Waals surface area contributed by atoms with E-state index in [-0.39, 0.29) is 0 Å². The topological polar surface area (TPSA) is 23.5 Å². The van der Waals surface area contributed by atoms with Crippen LogP contribution < -0.4 is 0 Å². The summed E-state index contributed by atoms with van der Waals surface area (Å²) < 4.78 is 0. The van der Waals surface area contributed by atoms with Gasteiger partial charge in [-0.3, -0.25) is 4.90 Å². The third kappa shape index (κ3) is 1.89. The Bertz CT molecular complexity index is 177. The van der Waals surface area contributed by atoms with Crippen LogP contribution in [0.3, 0.4) is 0 Å². The average Bonchev–Trinajstić information content (AvgIpc) is 2.49. The summed E-state index contributed by atoms with van der Waals surface area (Å²) in [5.74, 6) is 0. The summed E-state index contributed by atoms with van der Waals surface area (Å²) in [5, 5.41) is 9.18. The van der Waals surface area contributed by atoms with Gasteiger partial charge in [0.05, 0.1) is 6.61 Å². The van der Waals surface area contributed by atoms with Crippen molar-refractivity contribution in [2.45, 2.75) is 45.1 Å². The molecule has 1 saturated heterocycles. The van der Waals surface area contributed by atoms with Crippen LogP contribution in [-0.4, -0.2) is 35.7 Å². The minimum Gasteiger partial charge on any atom is -0.395 e. The van der Waals surface area contributed by atoms with Crippen LogP contribution in [0.5, 0.6) is 0 Å². The largest absolute Gasteiger partial charge is 0.395 e. The number of hydrogen-bond acceptors (Lipinski definition) is 2. The average molecular weight is 183 g/mol. The molecule has 0 unspecified atom stereocenters. The number of aliphatic hydroxyl groups excluding tert-OH is 1. The lowest BCUT2D eigenvalue weighted by Gasteiger charge is -2.42. The van der Waals surface area contributed by atoms with Gasteiger partial charge in [0, 0.05) is 12.6 Å². The van der Waals surface area contributed by atoms with Gasteiger partial charge >= 0.3 is 0 Å². The van der Waals surface area contributed by atoms with Gasteiger partial charge in [-0.2, -0.15) is 0 Å². The Balaban J connectivity index is 1.86. The van der Waals surface area contributed by atoms with Crippen molar-refractivity contribution in [1.82, 2.24) is 4.90 Å². The van der Waals surface area contributed by atoms with E-state index < -0.39 is 0 Å². The van der Waals surface area contributed by atoms with Crippen LogP contribution in [0.25, 0.3) is 0 Å². The van der Waals surface area contributed by atoms with Crippen LogP contribution in [0.2, 0.25) is 0 Å². The molecule has 0 aromatic heterocycles. The molecule has 2 heteroatoms. The van der Waals surface area contributed by atoms with E-state index in [0.717, 1.165) is 0 Å². The Kier molecular flexibility index (Phi) is 2.61. The molecule has 2 aliphatic rings. The Labute approximate surface area is 80.9 Å². The number of likely N-dealkylation sites (tertiary alicyclic amines) is 1. The van der Waals surface area contributed by atoms with E-state index in [2.05, 4.69) is 11.8 Å². The minimum atomic E-state index is 0.357. The number of nitrogens with zero attached hydrogens (tertiary/aromatic N) is 1. The van der Waals surface area contributed by atoms with Gasteiger partial charge in [-0.15, -0.1) is 0 Å². The van der Waals surface area contributed by atoms with E-state index in [0.29, 0.717) is 18.1 Å². The molecule has 2 nitrogen and oxygen atoms in total. The molecule has 1 atom stereocenters. The van der Waals surface area contributed by atoms with Crippen LogP contribution in [0.15, 0.2) is 0 Å². The van der Waals surface area contributed by atoms with Crippen LogP contribution >= 0.6 is 0 Å². The number of aliphatic hydroxyl groups is 1. The van der Waals surface area contributed by atoms with Crippen molar-refractivity contribution < 1.29 is 5.11 Å². The highest BCUT2D eigenvalue weighted by atomic mass is 16.3. The molecule has 0 bridgehead atoms. The van der Waals surface area contributed by atoms with Gasteiger partial charge in [-0.1, -0.05) is 13.3 Å². The molecule has 0 radical (unpaired) electrons. The fraction of sp³-hybridized carbons (Fsp3) is 1.00. The second-order valence-corrected chi connectivity index (χ2v) is 5.11. The van der Waals surface area contributed by atoms with Crippen molar-refractivity contribution in [3.05, 3.63) is 0 Å². The van der Waals surface area contributed by atoms with Crippen LogP contribution in [0.4, 0.5) is 0 Å². The molecule has 0 amide bonds. The maximum atomic E-state index is 9.18. The molecule has 1 heterocycles. The summed E-state index contributed by atoms with van der Waals surface area (Å²) in [5.41, 5.74) is 0.581. The SMILES string of the molecule is CC1(CN2CCC[C@@H]2CO)CCC1. The summed E-state index contributed by atoms with van der Waals surface area (Å²) in [6.07, 6.45) is 6.67. The van der Waals surface area contributed by atoms with Crippen molar-refractivity contribution in [3.8, 4) is 0 Å². The van der Waals surface area contributed by atoms with E-state index in [1.54, 1.807) is 0 Å². The smallest absolute Gasteiger partial charge is 0.0586 e. The summed E-state index contributed by atoms with van der Waals surface area (Å²) in [4.78, 5) is 2.50. The van der Waals surface area contributed by atoms with Gasteiger partial charge in [0.1, 0.15) is 0 Å². The molecule has 1 saturated carbocycles. The van der Waals surface area contributed by atoms with Gasteiger partial charge in [0.2, 0.25) is 0 Å². The minimum absolute atomic E-state index is 0.357. The highest BCUT2D eigenvalue weighted by molar-refractivity contribution is 4.90. The first-order valence-electron chi connectivity index (χ1n) is 5.58. The zero-order valence-corrected chi connectivity index (χ0v) is 8.63. The monoisotopic (exact) mass is 183 g/mol. The molecule has 76 valence electrons. The zero-order valence-electron chi connectivity index (χ0n) is 8.63. The summed E-state index contributed by atoms with van der Waals surface area (Å²) in [6.45, 7) is 5.18. The van der Waals surface area contributed by atoms with Crippen molar-refractivity contribution in [3.63, 3.8) is 0 Å². The second-order valence-electron chi connectivity index (χ2n) is 5.11. The van der Waals surface area contributed by atoms with Gasteiger partial charge in [0.15, 0.2) is 0 Å². The van der Waals surface area contributed by atoms with E-state index >= 15 is 0 Å². The number of hydrogen-bond donors (Lipinski definition) is 1. The first kappa shape index (κ1) is 9.47. The fourth-order valence-electron chi connectivity index (χ4n) is 2.74. The molecular formula is C11H21NO. The Morgan fingerprint density at radius 3 is 2.69 bits per heavy atom. The molecule has 0 aromatic carbocycles. The van der Waals surface area contributed by atoms with E-state index in [1.165, 1.54) is 45.2 Å². The van der Waals surface area contributed by atoms with Crippen molar-refractivity contribution >= 4 is 0 Å². The molecule has 1 aliphatic carbocycles.